The van der Waals surface area contributed by atoms with E-state index in [1.54, 1.807) is 11.3 Å². The van der Waals surface area contributed by atoms with E-state index in [-0.39, 0.29) is 13.0 Å². The van der Waals surface area contributed by atoms with E-state index < -0.39 is 5.97 Å². The number of rotatable bonds is 11. The second-order valence-electron chi connectivity index (χ2n) is 7.51. The van der Waals surface area contributed by atoms with Crippen LogP contribution in [0.25, 0.3) is 10.6 Å². The van der Waals surface area contributed by atoms with Crippen LogP contribution in [0.15, 0.2) is 95.5 Å². The van der Waals surface area contributed by atoms with Crippen LogP contribution in [-0.4, -0.2) is 21.8 Å². The fourth-order valence-corrected chi connectivity index (χ4v) is 4.02. The third kappa shape index (κ3) is 6.76. The Morgan fingerprint density at radius 2 is 1.59 bits per heavy atom. The molecule has 0 spiro atoms. The van der Waals surface area contributed by atoms with Crippen molar-refractivity contribution in [1.82, 2.24) is 4.98 Å². The third-order valence-corrected chi connectivity index (χ3v) is 5.91. The molecule has 0 bridgehead atoms. The first-order valence-corrected chi connectivity index (χ1v) is 11.7. The van der Waals surface area contributed by atoms with Gasteiger partial charge in [-0.3, -0.25) is 4.79 Å². The van der Waals surface area contributed by atoms with Gasteiger partial charge in [-0.15, -0.1) is 11.3 Å². The van der Waals surface area contributed by atoms with Crippen molar-refractivity contribution in [3.63, 3.8) is 0 Å². The molecule has 172 valence electrons. The van der Waals surface area contributed by atoms with Crippen molar-refractivity contribution in [2.75, 3.05) is 0 Å². The maximum absolute atomic E-state index is 11.0. The zero-order chi connectivity index (χ0) is 23.6. The van der Waals surface area contributed by atoms with Crippen molar-refractivity contribution in [1.29, 1.82) is 0 Å². The van der Waals surface area contributed by atoms with Crippen molar-refractivity contribution in [2.24, 2.45) is 5.16 Å². The highest BCUT2D eigenvalue weighted by Crippen LogP contribution is 2.24. The van der Waals surface area contributed by atoms with Crippen LogP contribution in [-0.2, 0) is 22.8 Å². The Morgan fingerprint density at radius 3 is 2.29 bits per heavy atom. The van der Waals surface area contributed by atoms with Crippen LogP contribution in [0.3, 0.4) is 0 Å². The van der Waals surface area contributed by atoms with E-state index in [4.69, 9.17) is 14.7 Å². The largest absolute Gasteiger partial charge is 0.487 e. The summed E-state index contributed by atoms with van der Waals surface area (Å²) in [5.74, 6) is -0.124. The topological polar surface area (TPSA) is 81.0 Å². The molecule has 0 aliphatic rings. The highest BCUT2D eigenvalue weighted by molar-refractivity contribution is 7.13. The van der Waals surface area contributed by atoms with Crippen LogP contribution >= 0.6 is 11.3 Å². The minimum Gasteiger partial charge on any atom is -0.487 e. The van der Waals surface area contributed by atoms with Gasteiger partial charge >= 0.3 is 5.97 Å². The van der Waals surface area contributed by atoms with Crippen molar-refractivity contribution < 1.29 is 19.5 Å². The molecular formula is C27H24N2O4S. The summed E-state index contributed by atoms with van der Waals surface area (Å²) in [6, 6.07) is 27.1. The lowest BCUT2D eigenvalue weighted by Crippen LogP contribution is -2.06. The van der Waals surface area contributed by atoms with E-state index in [2.05, 4.69) is 10.1 Å². The van der Waals surface area contributed by atoms with Crippen LogP contribution in [0.2, 0.25) is 0 Å². The van der Waals surface area contributed by atoms with Crippen molar-refractivity contribution in [2.45, 2.75) is 26.1 Å². The van der Waals surface area contributed by atoms with Gasteiger partial charge in [0.2, 0.25) is 0 Å². The van der Waals surface area contributed by atoms with E-state index in [9.17, 15) is 4.79 Å². The number of benzene rings is 3. The Balaban J connectivity index is 1.30. The number of hydrogen-bond acceptors (Lipinski definition) is 6. The van der Waals surface area contributed by atoms with Crippen LogP contribution in [0.4, 0.5) is 0 Å². The predicted molar refractivity (Wildman–Crippen MR) is 133 cm³/mol. The summed E-state index contributed by atoms with van der Waals surface area (Å²) >= 11 is 1.60. The standard InChI is InChI=1S/C27H24N2O4S/c30-26(31)16-15-25(21-7-3-1-4-8-21)29-33-17-20-11-13-24(14-12-20)32-18-23-19-34-27(28-23)22-9-5-2-6-10-22/h1-14,19H,15-18H2,(H,30,31). The number of thiazole rings is 1. The molecule has 0 atom stereocenters. The molecule has 6 nitrogen and oxygen atoms in total. The maximum atomic E-state index is 11.0. The van der Waals surface area contributed by atoms with Gasteiger partial charge in [-0.2, -0.15) is 0 Å². The van der Waals surface area contributed by atoms with Crippen molar-refractivity contribution in [3.05, 3.63) is 107 Å². The molecule has 0 fully saturated rings. The SMILES string of the molecule is O=C(O)CCC(=NOCc1ccc(OCc2csc(-c3ccccc3)n2)cc1)c1ccccc1. The summed E-state index contributed by atoms with van der Waals surface area (Å²) in [5, 5.41) is 16.2. The first-order chi connectivity index (χ1) is 16.7. The van der Waals surface area contributed by atoms with E-state index in [1.165, 1.54) is 0 Å². The lowest BCUT2D eigenvalue weighted by molar-refractivity contribution is -0.136. The van der Waals surface area contributed by atoms with Gasteiger partial charge in [0.15, 0.2) is 0 Å². The van der Waals surface area contributed by atoms with E-state index in [0.29, 0.717) is 18.7 Å². The summed E-state index contributed by atoms with van der Waals surface area (Å²) in [6.07, 6.45) is 0.295. The molecule has 0 aliphatic carbocycles. The Labute approximate surface area is 202 Å². The minimum absolute atomic E-state index is 0.00501. The molecule has 1 heterocycles. The lowest BCUT2D eigenvalue weighted by Gasteiger charge is -2.07. The van der Waals surface area contributed by atoms with Crippen LogP contribution in [0.1, 0.15) is 29.7 Å². The highest BCUT2D eigenvalue weighted by atomic mass is 32.1. The number of ether oxygens (including phenoxy) is 1. The molecule has 1 aromatic heterocycles. The first-order valence-electron chi connectivity index (χ1n) is 10.8. The van der Waals surface area contributed by atoms with Crippen molar-refractivity contribution in [3.8, 4) is 16.3 Å². The molecule has 3 aromatic carbocycles. The maximum Gasteiger partial charge on any atom is 0.303 e. The molecule has 0 saturated heterocycles. The monoisotopic (exact) mass is 472 g/mol. The third-order valence-electron chi connectivity index (χ3n) is 4.97. The average Bonchev–Trinajstić information content (AvgIpc) is 3.36. The van der Waals surface area contributed by atoms with Gasteiger partial charge in [0.25, 0.3) is 0 Å². The normalized spacial score (nSPS) is 11.2. The Bertz CT molecular complexity index is 1220. The lowest BCUT2D eigenvalue weighted by atomic mass is 10.1. The molecule has 4 aromatic rings. The highest BCUT2D eigenvalue weighted by Gasteiger charge is 2.08. The van der Waals surface area contributed by atoms with Gasteiger partial charge in [0.1, 0.15) is 24.0 Å². The molecule has 0 aliphatic heterocycles. The molecule has 4 rings (SSSR count). The number of aliphatic carboxylic acids is 1. The molecule has 0 radical (unpaired) electrons. The number of nitrogens with zero attached hydrogens (tertiary/aromatic N) is 2. The number of aromatic nitrogens is 1. The van der Waals surface area contributed by atoms with Gasteiger partial charge in [0.05, 0.1) is 17.8 Å². The van der Waals surface area contributed by atoms with E-state index >= 15 is 0 Å². The van der Waals surface area contributed by atoms with Gasteiger partial charge in [-0.1, -0.05) is 78.0 Å². The Kier molecular flexibility index (Phi) is 8.03. The summed E-state index contributed by atoms with van der Waals surface area (Å²) in [7, 11) is 0. The molecule has 0 unspecified atom stereocenters. The second-order valence-corrected chi connectivity index (χ2v) is 8.37. The van der Waals surface area contributed by atoms with E-state index in [1.807, 2.05) is 90.3 Å². The molecule has 7 heteroatoms. The summed E-state index contributed by atoms with van der Waals surface area (Å²) < 4.78 is 5.87. The fourth-order valence-electron chi connectivity index (χ4n) is 3.21. The van der Waals surface area contributed by atoms with Crippen molar-refractivity contribution >= 4 is 23.0 Å². The number of carbonyl (C=O) groups is 1. The zero-order valence-corrected chi connectivity index (χ0v) is 19.3. The van der Waals surface area contributed by atoms with Gasteiger partial charge < -0.3 is 14.7 Å². The average molecular weight is 473 g/mol. The number of oxime groups is 1. The van der Waals surface area contributed by atoms with Crippen LogP contribution in [0.5, 0.6) is 5.75 Å². The number of carboxylic acids is 1. The quantitative estimate of drug-likeness (QED) is 0.208. The summed E-state index contributed by atoms with van der Waals surface area (Å²) in [4.78, 5) is 21.1. The number of carboxylic acid groups (broad SMARTS) is 1. The van der Waals surface area contributed by atoms with E-state index in [0.717, 1.165) is 33.1 Å². The smallest absolute Gasteiger partial charge is 0.303 e. The fraction of sp³-hybridized carbons (Fsp3) is 0.148. The predicted octanol–water partition coefficient (Wildman–Crippen LogP) is 6.17. The molecule has 0 saturated carbocycles. The zero-order valence-electron chi connectivity index (χ0n) is 18.5. The summed E-state index contributed by atoms with van der Waals surface area (Å²) in [6.45, 7) is 0.670. The first kappa shape index (κ1) is 23.2. The molecule has 1 N–H and O–H groups in total. The minimum atomic E-state index is -0.867. The molecular weight excluding hydrogens is 448 g/mol. The van der Waals surface area contributed by atoms with Gasteiger partial charge in [-0.25, -0.2) is 4.98 Å². The Morgan fingerprint density at radius 1 is 0.882 bits per heavy atom. The van der Waals surface area contributed by atoms with Crippen LogP contribution in [0, 0.1) is 0 Å². The number of hydrogen-bond donors (Lipinski definition) is 1. The second kappa shape index (κ2) is 11.8. The summed E-state index contributed by atoms with van der Waals surface area (Å²) in [5.41, 5.74) is 4.39. The van der Waals surface area contributed by atoms with Gasteiger partial charge in [-0.05, 0) is 23.3 Å². The molecule has 0 amide bonds. The van der Waals surface area contributed by atoms with Gasteiger partial charge in [0, 0.05) is 17.4 Å². The molecule has 34 heavy (non-hydrogen) atoms. The Hall–Kier alpha value is -3.97. The van der Waals surface area contributed by atoms with Crippen LogP contribution < -0.4 is 4.74 Å².